The van der Waals surface area contributed by atoms with E-state index >= 15 is 0 Å². The average molecular weight is 277 g/mol. The van der Waals surface area contributed by atoms with Gasteiger partial charge >= 0.3 is 5.97 Å². The van der Waals surface area contributed by atoms with Gasteiger partial charge in [-0.1, -0.05) is 12.1 Å². The molecule has 0 saturated heterocycles. The van der Waals surface area contributed by atoms with Gasteiger partial charge in [-0.2, -0.15) is 0 Å². The van der Waals surface area contributed by atoms with Crippen molar-refractivity contribution in [1.82, 2.24) is 5.32 Å². The van der Waals surface area contributed by atoms with Crippen LogP contribution in [-0.2, 0) is 19.1 Å². The number of hydrogen-bond acceptors (Lipinski definition) is 5. The van der Waals surface area contributed by atoms with Gasteiger partial charge in [0.2, 0.25) is 0 Å². The summed E-state index contributed by atoms with van der Waals surface area (Å²) in [4.78, 5) is 23.5. The van der Waals surface area contributed by atoms with E-state index in [9.17, 15) is 9.59 Å². The van der Waals surface area contributed by atoms with Crippen LogP contribution >= 0.6 is 0 Å². The van der Waals surface area contributed by atoms with Crippen molar-refractivity contribution in [2.24, 2.45) is 0 Å². The van der Waals surface area contributed by atoms with E-state index in [0.717, 1.165) is 5.56 Å². The highest BCUT2D eigenvalue weighted by Gasteiger charge is 2.38. The lowest BCUT2D eigenvalue weighted by molar-refractivity contribution is -0.138. The first-order valence-corrected chi connectivity index (χ1v) is 5.93. The number of nitrogens with one attached hydrogen (secondary N) is 1. The van der Waals surface area contributed by atoms with E-state index in [0.29, 0.717) is 5.75 Å². The molecule has 1 N–H and O–H groups in total. The molecule has 1 aromatic carbocycles. The van der Waals surface area contributed by atoms with Crippen LogP contribution < -0.4 is 10.1 Å². The molecule has 1 unspecified atom stereocenters. The lowest BCUT2D eigenvalue weighted by atomic mass is 10.1. The first-order chi connectivity index (χ1) is 9.62. The molecule has 1 aromatic rings. The number of ether oxygens (including phenoxy) is 3. The Labute approximate surface area is 116 Å². The summed E-state index contributed by atoms with van der Waals surface area (Å²) in [5.41, 5.74) is 0.686. The van der Waals surface area contributed by atoms with E-state index in [4.69, 9.17) is 9.47 Å². The monoisotopic (exact) mass is 277 g/mol. The van der Waals surface area contributed by atoms with Crippen molar-refractivity contribution in [3.8, 4) is 5.75 Å². The first kappa shape index (κ1) is 13.9. The van der Waals surface area contributed by atoms with Crippen LogP contribution in [0.4, 0.5) is 0 Å². The maximum absolute atomic E-state index is 11.9. The van der Waals surface area contributed by atoms with Gasteiger partial charge in [0.1, 0.15) is 17.6 Å². The fraction of sp³-hybridized carbons (Fsp3) is 0.286. The topological polar surface area (TPSA) is 73.9 Å². The van der Waals surface area contributed by atoms with Gasteiger partial charge in [-0.25, -0.2) is 4.79 Å². The number of rotatable bonds is 4. The Bertz CT molecular complexity index is 561. The summed E-state index contributed by atoms with van der Waals surface area (Å²) in [6, 6.07) is 6.62. The van der Waals surface area contributed by atoms with E-state index in [-0.39, 0.29) is 11.3 Å². The van der Waals surface area contributed by atoms with Crippen molar-refractivity contribution in [1.29, 1.82) is 0 Å². The van der Waals surface area contributed by atoms with Gasteiger partial charge in [0.05, 0.1) is 21.3 Å². The third-order valence-electron chi connectivity index (χ3n) is 3.07. The largest absolute Gasteiger partial charge is 0.497 e. The highest BCUT2D eigenvalue weighted by atomic mass is 16.5. The van der Waals surface area contributed by atoms with Gasteiger partial charge in [-0.3, -0.25) is 4.79 Å². The maximum Gasteiger partial charge on any atom is 0.347 e. The molecule has 0 saturated carbocycles. The number of methoxy groups -OCH3 is 3. The smallest absolute Gasteiger partial charge is 0.347 e. The second-order valence-electron chi connectivity index (χ2n) is 4.11. The van der Waals surface area contributed by atoms with Crippen LogP contribution in [0, 0.1) is 0 Å². The van der Waals surface area contributed by atoms with Crippen LogP contribution in [0.5, 0.6) is 5.75 Å². The number of esters is 1. The predicted octanol–water partition coefficient (Wildman–Crippen LogP) is 0.940. The minimum Gasteiger partial charge on any atom is -0.497 e. The molecule has 2 rings (SSSR count). The van der Waals surface area contributed by atoms with Crippen molar-refractivity contribution in [3.05, 3.63) is 41.2 Å². The third-order valence-corrected chi connectivity index (χ3v) is 3.07. The first-order valence-electron chi connectivity index (χ1n) is 5.93. The molecule has 106 valence electrons. The summed E-state index contributed by atoms with van der Waals surface area (Å²) < 4.78 is 14.9. The molecular formula is C14H15NO5. The van der Waals surface area contributed by atoms with Crippen molar-refractivity contribution < 1.29 is 23.8 Å². The van der Waals surface area contributed by atoms with E-state index in [1.165, 1.54) is 14.2 Å². The molecule has 1 aliphatic rings. The minimum absolute atomic E-state index is 0.101. The van der Waals surface area contributed by atoms with Gasteiger partial charge in [0.15, 0.2) is 5.57 Å². The average Bonchev–Trinajstić information content (AvgIpc) is 2.83. The molecule has 6 heteroatoms. The van der Waals surface area contributed by atoms with Gasteiger partial charge in [-0.15, -0.1) is 0 Å². The quantitative estimate of drug-likeness (QED) is 0.655. The predicted molar refractivity (Wildman–Crippen MR) is 69.9 cm³/mol. The molecule has 0 fully saturated rings. The fourth-order valence-electron chi connectivity index (χ4n) is 2.07. The molecule has 1 aliphatic heterocycles. The van der Waals surface area contributed by atoms with E-state index in [1.807, 2.05) is 0 Å². The second kappa shape index (κ2) is 5.64. The third kappa shape index (κ3) is 2.32. The Morgan fingerprint density at radius 3 is 2.25 bits per heavy atom. The minimum atomic E-state index is -0.713. The van der Waals surface area contributed by atoms with E-state index in [2.05, 4.69) is 10.1 Å². The van der Waals surface area contributed by atoms with Gasteiger partial charge in [0.25, 0.3) is 5.91 Å². The molecule has 0 radical (unpaired) electrons. The maximum atomic E-state index is 11.9. The van der Waals surface area contributed by atoms with Crippen LogP contribution in [0.1, 0.15) is 11.6 Å². The Morgan fingerprint density at radius 1 is 1.10 bits per heavy atom. The standard InChI is InChI=1S/C14H15NO5/c1-18-9-6-4-8(5-7-9)11-12(19-2)10(13(16)15-11)14(17)20-3/h4-7,11H,1-3H3,(H,15,16). The zero-order chi connectivity index (χ0) is 14.7. The zero-order valence-corrected chi connectivity index (χ0v) is 11.4. The molecule has 6 nitrogen and oxygen atoms in total. The molecule has 1 heterocycles. The van der Waals surface area contributed by atoms with E-state index < -0.39 is 17.9 Å². The molecule has 1 atom stereocenters. The van der Waals surface area contributed by atoms with Crippen LogP contribution in [0.15, 0.2) is 35.6 Å². The van der Waals surface area contributed by atoms with Crippen LogP contribution in [-0.4, -0.2) is 33.2 Å². The van der Waals surface area contributed by atoms with E-state index in [1.54, 1.807) is 31.4 Å². The summed E-state index contributed by atoms with van der Waals surface area (Å²) in [7, 11) is 4.20. The number of carbonyl (C=O) groups is 2. The highest BCUT2D eigenvalue weighted by molar-refractivity contribution is 6.18. The second-order valence-corrected chi connectivity index (χ2v) is 4.11. The van der Waals surface area contributed by atoms with Crippen LogP contribution in [0.2, 0.25) is 0 Å². The number of hydrogen-bond donors (Lipinski definition) is 1. The number of benzene rings is 1. The fourth-order valence-corrected chi connectivity index (χ4v) is 2.07. The zero-order valence-electron chi connectivity index (χ0n) is 11.4. The Hall–Kier alpha value is -2.50. The highest BCUT2D eigenvalue weighted by Crippen LogP contribution is 2.31. The van der Waals surface area contributed by atoms with Crippen LogP contribution in [0.3, 0.4) is 0 Å². The van der Waals surface area contributed by atoms with Crippen LogP contribution in [0.25, 0.3) is 0 Å². The number of amides is 1. The lowest BCUT2D eigenvalue weighted by Crippen LogP contribution is -2.24. The van der Waals surface area contributed by atoms with Crippen molar-refractivity contribution in [3.63, 3.8) is 0 Å². The Morgan fingerprint density at radius 2 is 1.75 bits per heavy atom. The Kier molecular flexibility index (Phi) is 3.93. The summed E-state index contributed by atoms with van der Waals surface area (Å²) in [5, 5.41) is 2.69. The van der Waals surface area contributed by atoms with Gasteiger partial charge in [-0.05, 0) is 17.7 Å². The Balaban J connectivity index is 2.39. The SMILES string of the molecule is COC(=O)C1=C(OC)C(c2ccc(OC)cc2)NC1=O. The molecule has 0 bridgehead atoms. The molecule has 0 spiro atoms. The summed E-state index contributed by atoms with van der Waals surface area (Å²) >= 11 is 0. The number of carbonyl (C=O) groups excluding carboxylic acids is 2. The normalized spacial score (nSPS) is 17.8. The lowest BCUT2D eigenvalue weighted by Gasteiger charge is -2.14. The summed E-state index contributed by atoms with van der Waals surface area (Å²) in [5.74, 6) is -0.258. The molecule has 1 amide bonds. The summed E-state index contributed by atoms with van der Waals surface area (Å²) in [6.07, 6.45) is 0. The van der Waals surface area contributed by atoms with Crippen molar-refractivity contribution in [2.45, 2.75) is 6.04 Å². The van der Waals surface area contributed by atoms with Crippen molar-refractivity contribution in [2.75, 3.05) is 21.3 Å². The summed E-state index contributed by atoms with van der Waals surface area (Å²) in [6.45, 7) is 0. The molecule has 0 aromatic heterocycles. The molecular weight excluding hydrogens is 262 g/mol. The van der Waals surface area contributed by atoms with Gasteiger partial charge < -0.3 is 19.5 Å². The molecule has 20 heavy (non-hydrogen) atoms. The van der Waals surface area contributed by atoms with Crippen molar-refractivity contribution >= 4 is 11.9 Å². The molecule has 0 aliphatic carbocycles. The van der Waals surface area contributed by atoms with Gasteiger partial charge in [0, 0.05) is 0 Å².